The van der Waals surface area contributed by atoms with Crippen molar-refractivity contribution < 1.29 is 0 Å². The molecule has 1 saturated carbocycles. The van der Waals surface area contributed by atoms with Gasteiger partial charge in [0.2, 0.25) is 0 Å². The Balaban J connectivity index is 2.03. The van der Waals surface area contributed by atoms with Crippen LogP contribution in [0.3, 0.4) is 0 Å². The van der Waals surface area contributed by atoms with E-state index in [2.05, 4.69) is 51.2 Å². The topological polar surface area (TPSA) is 0 Å². The van der Waals surface area contributed by atoms with Crippen LogP contribution in [-0.4, -0.2) is 0 Å². The number of rotatable bonds is 1. The highest BCUT2D eigenvalue weighted by Gasteiger charge is 2.17. The fourth-order valence-corrected chi connectivity index (χ4v) is 2.61. The normalized spacial score (nSPS) is 22.1. The average molecular weight is 251 g/mol. The van der Waals surface area contributed by atoms with E-state index in [0.717, 1.165) is 5.92 Å². The summed E-state index contributed by atoms with van der Waals surface area (Å²) in [5, 5.41) is 0. The molecule has 0 unspecified atom stereocenters. The van der Waals surface area contributed by atoms with Crippen molar-refractivity contribution >= 4 is 15.9 Å². The zero-order valence-electron chi connectivity index (χ0n) is 8.25. The molecule has 0 heterocycles. The molecule has 14 heavy (non-hydrogen) atoms. The van der Waals surface area contributed by atoms with Gasteiger partial charge in [-0.25, -0.2) is 0 Å². The molecule has 0 saturated heterocycles. The van der Waals surface area contributed by atoms with Gasteiger partial charge in [-0.15, -0.1) is 0 Å². The minimum absolute atomic E-state index is 0.785. The zero-order valence-corrected chi connectivity index (χ0v) is 9.83. The van der Waals surface area contributed by atoms with Gasteiger partial charge in [0.05, 0.1) is 0 Å². The van der Waals surface area contributed by atoms with E-state index in [-0.39, 0.29) is 0 Å². The molecule has 0 aromatic heterocycles. The maximum absolute atomic E-state index is 3.43. The number of hydrogen-bond acceptors (Lipinski definition) is 0. The summed E-state index contributed by atoms with van der Waals surface area (Å²) in [7, 11) is 0. The molecule has 1 aliphatic rings. The largest absolute Gasteiger partial charge is 0.0633 e. The van der Waals surface area contributed by atoms with Gasteiger partial charge in [-0.3, -0.25) is 0 Å². The van der Waals surface area contributed by atoms with E-state index in [4.69, 9.17) is 0 Å². The van der Waals surface area contributed by atoms with E-state index < -0.39 is 0 Å². The summed E-state index contributed by atoms with van der Waals surface area (Å²) in [6, 6.07) is 10.9. The first-order chi connectivity index (χ1) is 6.90. The molecule has 0 nitrogen and oxygen atoms in total. The molecule has 0 amide bonds. The Hall–Kier alpha value is -0.560. The highest BCUT2D eigenvalue weighted by atomic mass is 79.9. The molecular formula is C13H15Br. The maximum Gasteiger partial charge on any atom is -0.0156 e. The van der Waals surface area contributed by atoms with Crippen LogP contribution in [-0.2, 0) is 0 Å². The highest BCUT2D eigenvalue weighted by molar-refractivity contribution is 9.11. The van der Waals surface area contributed by atoms with Crippen molar-refractivity contribution in [1.29, 1.82) is 0 Å². The molecule has 1 aliphatic carbocycles. The monoisotopic (exact) mass is 250 g/mol. The molecule has 1 aromatic rings. The van der Waals surface area contributed by atoms with E-state index >= 15 is 0 Å². The summed E-state index contributed by atoms with van der Waals surface area (Å²) >= 11 is 3.43. The van der Waals surface area contributed by atoms with Gasteiger partial charge in [-0.05, 0) is 42.1 Å². The molecule has 0 bridgehead atoms. The Kier molecular flexibility index (Phi) is 3.41. The van der Waals surface area contributed by atoms with Crippen LogP contribution >= 0.6 is 15.9 Å². The predicted octanol–water partition coefficient (Wildman–Crippen LogP) is 4.62. The fourth-order valence-electron chi connectivity index (χ4n) is 2.16. The molecule has 2 rings (SSSR count). The number of benzene rings is 1. The van der Waals surface area contributed by atoms with Crippen LogP contribution < -0.4 is 0 Å². The van der Waals surface area contributed by atoms with Crippen LogP contribution in [0.15, 0.2) is 40.9 Å². The second kappa shape index (κ2) is 4.79. The van der Waals surface area contributed by atoms with Crippen LogP contribution in [0.25, 0.3) is 0 Å². The van der Waals surface area contributed by atoms with Gasteiger partial charge in [-0.1, -0.05) is 51.8 Å². The Bertz CT molecular complexity index is 303. The smallest absolute Gasteiger partial charge is 0.0156 e. The van der Waals surface area contributed by atoms with Gasteiger partial charge in [0.15, 0.2) is 0 Å². The SMILES string of the molecule is BrC=C1CCC(c2ccccc2)CC1. The molecule has 1 heteroatoms. The fraction of sp³-hybridized carbons (Fsp3) is 0.385. The molecule has 0 radical (unpaired) electrons. The first kappa shape index (κ1) is 9.97. The van der Waals surface area contributed by atoms with Crippen molar-refractivity contribution in [2.45, 2.75) is 31.6 Å². The number of allylic oxidation sites excluding steroid dienone is 1. The molecular weight excluding hydrogens is 236 g/mol. The van der Waals surface area contributed by atoms with Crippen molar-refractivity contribution in [3.8, 4) is 0 Å². The summed E-state index contributed by atoms with van der Waals surface area (Å²) in [5.41, 5.74) is 3.08. The van der Waals surface area contributed by atoms with Crippen molar-refractivity contribution in [1.82, 2.24) is 0 Å². The third kappa shape index (κ3) is 2.27. The third-order valence-corrected chi connectivity index (χ3v) is 3.70. The van der Waals surface area contributed by atoms with Crippen LogP contribution in [0.5, 0.6) is 0 Å². The Labute approximate surface area is 94.2 Å². The second-order valence-electron chi connectivity index (χ2n) is 3.95. The number of halogens is 1. The van der Waals surface area contributed by atoms with E-state index in [1.165, 1.54) is 31.2 Å². The second-order valence-corrected chi connectivity index (χ2v) is 4.41. The first-order valence-electron chi connectivity index (χ1n) is 5.23. The van der Waals surface area contributed by atoms with Crippen LogP contribution in [0.2, 0.25) is 0 Å². The summed E-state index contributed by atoms with van der Waals surface area (Å²) in [6.45, 7) is 0. The van der Waals surface area contributed by atoms with Crippen LogP contribution in [0.4, 0.5) is 0 Å². The average Bonchev–Trinajstić information content (AvgIpc) is 2.30. The summed E-state index contributed by atoms with van der Waals surface area (Å²) in [6.07, 6.45) is 5.12. The lowest BCUT2D eigenvalue weighted by Crippen LogP contribution is -2.05. The first-order valence-corrected chi connectivity index (χ1v) is 6.15. The van der Waals surface area contributed by atoms with Gasteiger partial charge < -0.3 is 0 Å². The Morgan fingerprint density at radius 1 is 1.07 bits per heavy atom. The van der Waals surface area contributed by atoms with E-state index in [0.29, 0.717) is 0 Å². The number of hydrogen-bond donors (Lipinski definition) is 0. The quantitative estimate of drug-likeness (QED) is 0.683. The molecule has 0 N–H and O–H groups in total. The van der Waals surface area contributed by atoms with E-state index in [1.54, 1.807) is 5.57 Å². The van der Waals surface area contributed by atoms with Gasteiger partial charge in [-0.2, -0.15) is 0 Å². The lowest BCUT2D eigenvalue weighted by molar-refractivity contribution is 0.518. The lowest BCUT2D eigenvalue weighted by Gasteiger charge is -2.23. The maximum atomic E-state index is 3.43. The molecule has 0 spiro atoms. The minimum atomic E-state index is 0.785. The van der Waals surface area contributed by atoms with Crippen LogP contribution in [0.1, 0.15) is 37.2 Å². The Morgan fingerprint density at radius 3 is 2.29 bits per heavy atom. The predicted molar refractivity (Wildman–Crippen MR) is 64.7 cm³/mol. The molecule has 0 aliphatic heterocycles. The third-order valence-electron chi connectivity index (χ3n) is 3.05. The van der Waals surface area contributed by atoms with E-state index in [1.807, 2.05) is 0 Å². The van der Waals surface area contributed by atoms with Gasteiger partial charge >= 0.3 is 0 Å². The van der Waals surface area contributed by atoms with Crippen molar-refractivity contribution in [3.63, 3.8) is 0 Å². The standard InChI is InChI=1S/C13H15Br/c14-10-11-6-8-13(9-7-11)12-4-2-1-3-5-12/h1-5,10,13H,6-9H2. The van der Waals surface area contributed by atoms with E-state index in [9.17, 15) is 0 Å². The highest BCUT2D eigenvalue weighted by Crippen LogP contribution is 2.35. The Morgan fingerprint density at radius 2 is 1.71 bits per heavy atom. The van der Waals surface area contributed by atoms with Gasteiger partial charge in [0, 0.05) is 0 Å². The van der Waals surface area contributed by atoms with Crippen molar-refractivity contribution in [3.05, 3.63) is 46.5 Å². The van der Waals surface area contributed by atoms with Crippen LogP contribution in [0, 0.1) is 0 Å². The van der Waals surface area contributed by atoms with Gasteiger partial charge in [0.1, 0.15) is 0 Å². The molecule has 0 atom stereocenters. The zero-order chi connectivity index (χ0) is 9.80. The minimum Gasteiger partial charge on any atom is -0.0633 e. The molecule has 74 valence electrons. The van der Waals surface area contributed by atoms with Crippen molar-refractivity contribution in [2.75, 3.05) is 0 Å². The summed E-state index contributed by atoms with van der Waals surface area (Å²) in [4.78, 5) is 2.11. The van der Waals surface area contributed by atoms with Gasteiger partial charge in [0.25, 0.3) is 0 Å². The molecule has 1 fully saturated rings. The summed E-state index contributed by atoms with van der Waals surface area (Å²) in [5.74, 6) is 0.785. The summed E-state index contributed by atoms with van der Waals surface area (Å²) < 4.78 is 0. The molecule has 1 aromatic carbocycles. The van der Waals surface area contributed by atoms with Crippen molar-refractivity contribution in [2.24, 2.45) is 0 Å². The lowest BCUT2D eigenvalue weighted by atomic mass is 9.82.